The summed E-state index contributed by atoms with van der Waals surface area (Å²) in [5.74, 6) is 0.195. The van der Waals surface area contributed by atoms with Crippen molar-refractivity contribution in [2.75, 3.05) is 32.7 Å². The van der Waals surface area contributed by atoms with Crippen molar-refractivity contribution in [3.8, 4) is 0 Å². The summed E-state index contributed by atoms with van der Waals surface area (Å²) >= 11 is 0. The third-order valence-corrected chi connectivity index (χ3v) is 5.50. The van der Waals surface area contributed by atoms with Crippen LogP contribution in [0.5, 0.6) is 0 Å². The van der Waals surface area contributed by atoms with Gasteiger partial charge in [-0.15, -0.1) is 0 Å². The number of carbonyl (C=O) groups excluding carboxylic acids is 2. The molecule has 0 aromatic carbocycles. The Bertz CT molecular complexity index is 601. The van der Waals surface area contributed by atoms with Gasteiger partial charge in [0.25, 0.3) is 0 Å². The van der Waals surface area contributed by atoms with Gasteiger partial charge in [0.15, 0.2) is 0 Å². The Labute approximate surface area is 154 Å². The van der Waals surface area contributed by atoms with Gasteiger partial charge in [0.1, 0.15) is 0 Å². The lowest BCUT2D eigenvalue weighted by Crippen LogP contribution is -2.52. The highest BCUT2D eigenvalue weighted by atomic mass is 16.2. The zero-order chi connectivity index (χ0) is 18.4. The first-order valence-corrected chi connectivity index (χ1v) is 9.57. The maximum absolute atomic E-state index is 12.5. The molecule has 0 spiro atoms. The van der Waals surface area contributed by atoms with Crippen LogP contribution in [0.25, 0.3) is 0 Å². The van der Waals surface area contributed by atoms with Gasteiger partial charge in [0, 0.05) is 31.9 Å². The van der Waals surface area contributed by atoms with Crippen LogP contribution in [0, 0.1) is 5.92 Å². The number of amides is 2. The van der Waals surface area contributed by atoms with E-state index in [-0.39, 0.29) is 24.3 Å². The minimum atomic E-state index is 0.0360. The maximum atomic E-state index is 12.5. The SMILES string of the molecule is NCC(=O)N1CCC(N2CCC[C@@H](C(=O)NCc3ccccn3)C2)CC1. The van der Waals surface area contributed by atoms with Gasteiger partial charge >= 0.3 is 0 Å². The van der Waals surface area contributed by atoms with E-state index in [0.717, 1.165) is 57.6 Å². The quantitative estimate of drug-likeness (QED) is 0.792. The maximum Gasteiger partial charge on any atom is 0.236 e. The van der Waals surface area contributed by atoms with E-state index >= 15 is 0 Å². The summed E-state index contributed by atoms with van der Waals surface area (Å²) in [5.41, 5.74) is 6.33. The molecule has 0 unspecified atom stereocenters. The van der Waals surface area contributed by atoms with E-state index < -0.39 is 0 Å². The van der Waals surface area contributed by atoms with E-state index in [1.54, 1.807) is 6.20 Å². The van der Waals surface area contributed by atoms with Gasteiger partial charge in [0.2, 0.25) is 11.8 Å². The van der Waals surface area contributed by atoms with Crippen LogP contribution >= 0.6 is 0 Å². The molecule has 3 heterocycles. The largest absolute Gasteiger partial charge is 0.350 e. The number of piperidine rings is 2. The normalized spacial score (nSPS) is 22.2. The lowest BCUT2D eigenvalue weighted by molar-refractivity contribution is -0.131. The Hall–Kier alpha value is -1.99. The summed E-state index contributed by atoms with van der Waals surface area (Å²) < 4.78 is 0. The van der Waals surface area contributed by atoms with Crippen LogP contribution in [-0.4, -0.2) is 65.4 Å². The van der Waals surface area contributed by atoms with Gasteiger partial charge in [0.05, 0.1) is 24.7 Å². The number of pyridine rings is 1. The lowest BCUT2D eigenvalue weighted by atomic mass is 9.93. The lowest BCUT2D eigenvalue weighted by Gasteiger charge is -2.42. The first-order chi connectivity index (χ1) is 12.7. The summed E-state index contributed by atoms with van der Waals surface area (Å²) in [6.07, 6.45) is 5.66. The van der Waals surface area contributed by atoms with Gasteiger partial charge in [-0.2, -0.15) is 0 Å². The van der Waals surface area contributed by atoms with Crippen molar-refractivity contribution in [3.63, 3.8) is 0 Å². The monoisotopic (exact) mass is 359 g/mol. The summed E-state index contributed by atoms with van der Waals surface area (Å²) in [5, 5.41) is 3.03. The Kier molecular flexibility index (Phi) is 6.57. The first kappa shape index (κ1) is 18.8. The average Bonchev–Trinajstić information content (AvgIpc) is 2.72. The number of nitrogens with zero attached hydrogens (tertiary/aromatic N) is 3. The standard InChI is InChI=1S/C19H29N5O2/c20-12-18(25)23-10-6-17(7-11-23)24-9-3-4-15(14-24)19(26)22-13-16-5-1-2-8-21-16/h1-2,5,8,15,17H,3-4,6-7,9-14,20H2,(H,22,26)/t15-/m1/s1. The molecule has 2 amide bonds. The van der Waals surface area contributed by atoms with Crippen molar-refractivity contribution in [2.45, 2.75) is 38.3 Å². The van der Waals surface area contributed by atoms with Crippen LogP contribution in [0.15, 0.2) is 24.4 Å². The topological polar surface area (TPSA) is 91.6 Å². The van der Waals surface area contributed by atoms with Crippen LogP contribution in [0.3, 0.4) is 0 Å². The fourth-order valence-corrected chi connectivity index (χ4v) is 3.99. The molecule has 1 aromatic heterocycles. The number of hydrogen-bond donors (Lipinski definition) is 2. The van der Waals surface area contributed by atoms with E-state index in [4.69, 9.17) is 5.73 Å². The summed E-state index contributed by atoms with van der Waals surface area (Å²) in [6, 6.07) is 6.18. The van der Waals surface area contributed by atoms with Crippen molar-refractivity contribution >= 4 is 11.8 Å². The van der Waals surface area contributed by atoms with Crippen LogP contribution in [0.4, 0.5) is 0 Å². The molecule has 3 N–H and O–H groups in total. The number of nitrogens with two attached hydrogens (primary N) is 1. The second-order valence-corrected chi connectivity index (χ2v) is 7.19. The molecule has 0 radical (unpaired) electrons. The molecule has 3 rings (SSSR count). The minimum Gasteiger partial charge on any atom is -0.350 e. The second-order valence-electron chi connectivity index (χ2n) is 7.19. The number of nitrogens with one attached hydrogen (secondary N) is 1. The molecule has 0 aliphatic carbocycles. The number of hydrogen-bond acceptors (Lipinski definition) is 5. The molecule has 1 aromatic rings. The van der Waals surface area contributed by atoms with Gasteiger partial charge in [-0.25, -0.2) is 0 Å². The van der Waals surface area contributed by atoms with Gasteiger partial charge < -0.3 is 16.0 Å². The molecule has 7 nitrogen and oxygen atoms in total. The predicted molar refractivity (Wildman–Crippen MR) is 99.0 cm³/mol. The molecule has 1 atom stereocenters. The molecular weight excluding hydrogens is 330 g/mol. The molecule has 7 heteroatoms. The number of carbonyl (C=O) groups is 2. The highest BCUT2D eigenvalue weighted by Gasteiger charge is 2.32. The summed E-state index contributed by atoms with van der Waals surface area (Å²) in [7, 11) is 0. The number of likely N-dealkylation sites (tertiary alicyclic amines) is 2. The second kappa shape index (κ2) is 9.09. The van der Waals surface area contributed by atoms with Crippen LogP contribution in [0.2, 0.25) is 0 Å². The zero-order valence-electron chi connectivity index (χ0n) is 15.3. The smallest absolute Gasteiger partial charge is 0.236 e. The predicted octanol–water partition coefficient (Wildman–Crippen LogP) is 0.360. The first-order valence-electron chi connectivity index (χ1n) is 9.57. The van der Waals surface area contributed by atoms with Gasteiger partial charge in [-0.3, -0.25) is 19.5 Å². The third-order valence-electron chi connectivity index (χ3n) is 5.50. The third kappa shape index (κ3) is 4.80. The number of aromatic nitrogens is 1. The van der Waals surface area contributed by atoms with Crippen LogP contribution in [0.1, 0.15) is 31.4 Å². The molecule has 142 valence electrons. The Morgan fingerprint density at radius 3 is 2.69 bits per heavy atom. The van der Waals surface area contributed by atoms with Crippen molar-refractivity contribution in [3.05, 3.63) is 30.1 Å². The van der Waals surface area contributed by atoms with E-state index in [9.17, 15) is 9.59 Å². The zero-order valence-corrected chi connectivity index (χ0v) is 15.3. The van der Waals surface area contributed by atoms with E-state index in [0.29, 0.717) is 12.6 Å². The van der Waals surface area contributed by atoms with Gasteiger partial charge in [-0.1, -0.05) is 6.07 Å². The molecule has 2 aliphatic rings. The molecule has 0 saturated carbocycles. The van der Waals surface area contributed by atoms with Gasteiger partial charge in [-0.05, 0) is 44.4 Å². The molecular formula is C19H29N5O2. The van der Waals surface area contributed by atoms with E-state index in [2.05, 4.69) is 15.2 Å². The fraction of sp³-hybridized carbons (Fsp3) is 0.632. The molecule has 2 saturated heterocycles. The van der Waals surface area contributed by atoms with E-state index in [1.165, 1.54) is 0 Å². The van der Waals surface area contributed by atoms with Crippen LogP contribution in [-0.2, 0) is 16.1 Å². The fourth-order valence-electron chi connectivity index (χ4n) is 3.99. The van der Waals surface area contributed by atoms with Crippen molar-refractivity contribution in [1.29, 1.82) is 0 Å². The van der Waals surface area contributed by atoms with E-state index in [1.807, 2.05) is 23.1 Å². The van der Waals surface area contributed by atoms with Crippen LogP contribution < -0.4 is 11.1 Å². The van der Waals surface area contributed by atoms with Crippen molar-refractivity contribution in [1.82, 2.24) is 20.1 Å². The van der Waals surface area contributed by atoms with Crippen molar-refractivity contribution < 1.29 is 9.59 Å². The Balaban J connectivity index is 1.46. The Morgan fingerprint density at radius 2 is 2.00 bits per heavy atom. The molecule has 26 heavy (non-hydrogen) atoms. The molecule has 2 fully saturated rings. The average molecular weight is 359 g/mol. The molecule has 2 aliphatic heterocycles. The number of rotatable bonds is 5. The summed E-state index contributed by atoms with van der Waals surface area (Å²) in [4.78, 5) is 32.8. The minimum absolute atomic E-state index is 0.0360. The highest BCUT2D eigenvalue weighted by Crippen LogP contribution is 2.24. The van der Waals surface area contributed by atoms with Crippen molar-refractivity contribution in [2.24, 2.45) is 11.7 Å². The highest BCUT2D eigenvalue weighted by molar-refractivity contribution is 5.79. The molecule has 0 bridgehead atoms. The summed E-state index contributed by atoms with van der Waals surface area (Å²) in [6.45, 7) is 3.97. The Morgan fingerprint density at radius 1 is 1.19 bits per heavy atom.